The average molecular weight is 333 g/mol. The van der Waals surface area contributed by atoms with Crippen LogP contribution in [0.3, 0.4) is 0 Å². The molecule has 0 aromatic heterocycles. The van der Waals surface area contributed by atoms with E-state index in [2.05, 4.69) is 10.0 Å². The van der Waals surface area contributed by atoms with E-state index in [0.29, 0.717) is 19.5 Å². The summed E-state index contributed by atoms with van der Waals surface area (Å²) in [5.41, 5.74) is 0. The smallest absolute Gasteiger partial charge is 0.240 e. The van der Waals surface area contributed by atoms with Gasteiger partial charge in [-0.1, -0.05) is 13.8 Å². The number of amides is 2. The van der Waals surface area contributed by atoms with Gasteiger partial charge in [-0.2, -0.15) is 0 Å². The van der Waals surface area contributed by atoms with Crippen LogP contribution in [-0.2, 0) is 19.6 Å². The average Bonchev–Trinajstić information content (AvgIpc) is 2.34. The third kappa shape index (κ3) is 6.74. The van der Waals surface area contributed by atoms with Crippen molar-refractivity contribution in [1.82, 2.24) is 14.9 Å². The number of hydrogen-bond donors (Lipinski definition) is 2. The predicted molar refractivity (Wildman–Crippen MR) is 84.6 cm³/mol. The number of sulfonamides is 1. The first-order valence-corrected chi connectivity index (χ1v) is 9.51. The van der Waals surface area contributed by atoms with E-state index in [4.69, 9.17) is 0 Å². The van der Waals surface area contributed by atoms with Gasteiger partial charge in [0.05, 0.1) is 6.26 Å². The van der Waals surface area contributed by atoms with Gasteiger partial charge in [-0.25, -0.2) is 13.1 Å². The number of piperidine rings is 1. The van der Waals surface area contributed by atoms with E-state index in [0.717, 1.165) is 19.1 Å². The zero-order chi connectivity index (χ0) is 16.9. The molecule has 2 N–H and O–H groups in total. The van der Waals surface area contributed by atoms with E-state index in [1.54, 1.807) is 4.90 Å². The molecule has 22 heavy (non-hydrogen) atoms. The largest absolute Gasteiger partial charge is 0.352 e. The highest BCUT2D eigenvalue weighted by atomic mass is 32.2. The summed E-state index contributed by atoms with van der Waals surface area (Å²) in [4.78, 5) is 25.4. The van der Waals surface area contributed by atoms with E-state index in [1.807, 2.05) is 13.8 Å². The molecule has 0 aliphatic carbocycles. The van der Waals surface area contributed by atoms with Crippen molar-refractivity contribution in [3.05, 3.63) is 0 Å². The maximum Gasteiger partial charge on any atom is 0.240 e. The monoisotopic (exact) mass is 333 g/mol. The molecule has 1 fully saturated rings. The van der Waals surface area contributed by atoms with Gasteiger partial charge in [-0.05, 0) is 25.2 Å². The molecule has 1 heterocycles. The quantitative estimate of drug-likeness (QED) is 0.719. The van der Waals surface area contributed by atoms with Gasteiger partial charge in [0.15, 0.2) is 0 Å². The van der Waals surface area contributed by atoms with Crippen molar-refractivity contribution in [2.75, 3.05) is 19.3 Å². The van der Waals surface area contributed by atoms with Crippen molar-refractivity contribution < 1.29 is 18.0 Å². The lowest BCUT2D eigenvalue weighted by Gasteiger charge is -2.35. The van der Waals surface area contributed by atoms with Crippen molar-refractivity contribution in [2.24, 2.45) is 5.92 Å². The molecule has 7 nitrogen and oxygen atoms in total. The molecular weight excluding hydrogens is 306 g/mol. The van der Waals surface area contributed by atoms with Gasteiger partial charge in [0.1, 0.15) is 6.04 Å². The molecule has 1 rings (SSSR count). The Hall–Kier alpha value is -1.15. The van der Waals surface area contributed by atoms with Crippen LogP contribution in [0, 0.1) is 5.92 Å². The van der Waals surface area contributed by atoms with Crippen LogP contribution in [0.25, 0.3) is 0 Å². The minimum Gasteiger partial charge on any atom is -0.352 e. The number of nitrogens with one attached hydrogen (secondary N) is 2. The van der Waals surface area contributed by atoms with Crippen molar-refractivity contribution in [1.29, 1.82) is 0 Å². The fourth-order valence-electron chi connectivity index (χ4n) is 2.73. The van der Waals surface area contributed by atoms with Crippen LogP contribution < -0.4 is 10.0 Å². The molecule has 0 unspecified atom stereocenters. The van der Waals surface area contributed by atoms with E-state index in [1.165, 1.54) is 6.92 Å². The second-order valence-electron chi connectivity index (χ2n) is 6.40. The first-order valence-electron chi connectivity index (χ1n) is 7.61. The Labute approximate surface area is 132 Å². The first kappa shape index (κ1) is 18.9. The summed E-state index contributed by atoms with van der Waals surface area (Å²) < 4.78 is 25.4. The highest BCUT2D eigenvalue weighted by Crippen LogP contribution is 2.15. The first-order chi connectivity index (χ1) is 10.1. The van der Waals surface area contributed by atoms with Crippen LogP contribution in [0.4, 0.5) is 0 Å². The molecule has 1 aliphatic rings. The second-order valence-corrected chi connectivity index (χ2v) is 8.18. The Bertz CT molecular complexity index is 504. The molecule has 0 aromatic carbocycles. The maximum absolute atomic E-state index is 12.6. The van der Waals surface area contributed by atoms with Gasteiger partial charge in [0.25, 0.3) is 0 Å². The molecule has 0 radical (unpaired) electrons. The second kappa shape index (κ2) is 7.92. The molecule has 2 atom stereocenters. The van der Waals surface area contributed by atoms with Gasteiger partial charge < -0.3 is 10.2 Å². The molecule has 128 valence electrons. The maximum atomic E-state index is 12.6. The predicted octanol–water partition coefficient (Wildman–Crippen LogP) is 0.0774. The highest BCUT2D eigenvalue weighted by molar-refractivity contribution is 7.88. The molecule has 1 saturated heterocycles. The van der Waals surface area contributed by atoms with Crippen LogP contribution in [0.1, 0.15) is 40.0 Å². The summed E-state index contributed by atoms with van der Waals surface area (Å²) >= 11 is 0. The molecule has 0 aromatic rings. The number of carbonyl (C=O) groups is 2. The van der Waals surface area contributed by atoms with Crippen molar-refractivity contribution in [3.8, 4) is 0 Å². The van der Waals surface area contributed by atoms with Crippen LogP contribution in [0.2, 0.25) is 0 Å². The molecule has 2 amide bonds. The Morgan fingerprint density at radius 2 is 1.95 bits per heavy atom. The number of nitrogens with zero attached hydrogens (tertiary/aromatic N) is 1. The normalized spacial score (nSPS) is 20.8. The topological polar surface area (TPSA) is 95.6 Å². The SMILES string of the molecule is CC(=O)N[C@H]1CCCN(C(=O)[C@@H](CC(C)C)NS(C)(=O)=O)C1. The van der Waals surface area contributed by atoms with Crippen LogP contribution in [-0.4, -0.2) is 56.6 Å². The zero-order valence-corrected chi connectivity index (χ0v) is 14.6. The highest BCUT2D eigenvalue weighted by Gasteiger charge is 2.31. The minimum absolute atomic E-state index is 0.0619. The Balaban J connectivity index is 2.77. The van der Waals surface area contributed by atoms with Gasteiger partial charge >= 0.3 is 0 Å². The summed E-state index contributed by atoms with van der Waals surface area (Å²) in [7, 11) is -3.45. The van der Waals surface area contributed by atoms with E-state index >= 15 is 0 Å². The van der Waals surface area contributed by atoms with Gasteiger partial charge in [0.2, 0.25) is 21.8 Å². The van der Waals surface area contributed by atoms with Crippen LogP contribution in [0.15, 0.2) is 0 Å². The summed E-state index contributed by atoms with van der Waals surface area (Å²) in [6.07, 6.45) is 3.14. The lowest BCUT2D eigenvalue weighted by Crippen LogP contribution is -2.55. The third-order valence-electron chi connectivity index (χ3n) is 3.50. The fourth-order valence-corrected chi connectivity index (χ4v) is 3.45. The van der Waals surface area contributed by atoms with Crippen LogP contribution in [0.5, 0.6) is 0 Å². The van der Waals surface area contributed by atoms with Crippen molar-refractivity contribution in [3.63, 3.8) is 0 Å². The number of rotatable bonds is 6. The molecule has 8 heteroatoms. The summed E-state index contributed by atoms with van der Waals surface area (Å²) in [6, 6.07) is -0.806. The fraction of sp³-hybridized carbons (Fsp3) is 0.857. The van der Waals surface area contributed by atoms with Gasteiger partial charge in [-0.3, -0.25) is 9.59 Å². The van der Waals surface area contributed by atoms with E-state index in [-0.39, 0.29) is 23.8 Å². The number of carbonyl (C=O) groups excluding carboxylic acids is 2. The lowest BCUT2D eigenvalue weighted by atomic mass is 10.0. The zero-order valence-electron chi connectivity index (χ0n) is 13.8. The van der Waals surface area contributed by atoms with Crippen molar-refractivity contribution >= 4 is 21.8 Å². The lowest BCUT2D eigenvalue weighted by molar-refractivity contribution is -0.135. The molecule has 0 bridgehead atoms. The van der Waals surface area contributed by atoms with E-state index in [9.17, 15) is 18.0 Å². The summed E-state index contributed by atoms with van der Waals surface area (Å²) in [5.74, 6) is -0.138. The number of hydrogen-bond acceptors (Lipinski definition) is 4. The van der Waals surface area contributed by atoms with Crippen molar-refractivity contribution in [2.45, 2.75) is 52.1 Å². The molecule has 0 saturated carbocycles. The summed E-state index contributed by atoms with van der Waals surface area (Å²) in [6.45, 7) is 6.36. The summed E-state index contributed by atoms with van der Waals surface area (Å²) in [5, 5.41) is 2.82. The molecule has 0 spiro atoms. The Kier molecular flexibility index (Phi) is 6.80. The van der Waals surface area contributed by atoms with Gasteiger partial charge in [-0.15, -0.1) is 0 Å². The van der Waals surface area contributed by atoms with E-state index < -0.39 is 16.1 Å². The number of likely N-dealkylation sites (tertiary alicyclic amines) is 1. The van der Waals surface area contributed by atoms with Crippen LogP contribution >= 0.6 is 0 Å². The minimum atomic E-state index is -3.45. The van der Waals surface area contributed by atoms with Gasteiger partial charge in [0, 0.05) is 26.1 Å². The Morgan fingerprint density at radius 3 is 2.45 bits per heavy atom. The molecular formula is C14H27N3O4S. The Morgan fingerprint density at radius 1 is 1.32 bits per heavy atom. The standard InChI is InChI=1S/C14H27N3O4S/c1-10(2)8-13(16-22(4,20)21)14(19)17-7-5-6-12(9-17)15-11(3)18/h10,12-13,16H,5-9H2,1-4H3,(H,15,18)/t12-,13+/m0/s1. The third-order valence-corrected chi connectivity index (χ3v) is 4.21. The molecule has 1 aliphatic heterocycles.